The van der Waals surface area contributed by atoms with Gasteiger partial charge < -0.3 is 5.32 Å². The van der Waals surface area contributed by atoms with E-state index in [1.807, 2.05) is 0 Å². The largest absolute Gasteiger partial charge is 0.316 e. The maximum Gasteiger partial charge on any atom is 0.000791 e. The first kappa shape index (κ1) is 8.55. The van der Waals surface area contributed by atoms with Crippen molar-refractivity contribution < 1.29 is 0 Å². The fourth-order valence-corrected chi connectivity index (χ4v) is 3.19. The van der Waals surface area contributed by atoms with Crippen molar-refractivity contribution in [3.8, 4) is 0 Å². The molecule has 2 atom stereocenters. The molecule has 0 amide bonds. The molecule has 1 heterocycles. The first-order valence-corrected chi connectivity index (χ1v) is 5.52. The van der Waals surface area contributed by atoms with Crippen LogP contribution in [-0.2, 0) is 0 Å². The molecule has 1 heteroatoms. The van der Waals surface area contributed by atoms with Gasteiger partial charge in [0.1, 0.15) is 0 Å². The minimum absolute atomic E-state index is 0.718. The van der Waals surface area contributed by atoms with Gasteiger partial charge in [-0.3, -0.25) is 0 Å². The maximum atomic E-state index is 3.57. The van der Waals surface area contributed by atoms with E-state index in [2.05, 4.69) is 12.2 Å². The van der Waals surface area contributed by atoms with Crippen LogP contribution in [0.2, 0.25) is 0 Å². The van der Waals surface area contributed by atoms with Gasteiger partial charge in [-0.2, -0.15) is 0 Å². The van der Waals surface area contributed by atoms with Crippen LogP contribution in [0.3, 0.4) is 0 Å². The second kappa shape index (κ2) is 3.37. The number of hydrogen-bond acceptors (Lipinski definition) is 1. The molecular weight excluding hydrogens is 146 g/mol. The molecule has 2 aliphatic rings. The third kappa shape index (κ3) is 1.66. The van der Waals surface area contributed by atoms with Crippen LogP contribution in [-0.4, -0.2) is 13.1 Å². The van der Waals surface area contributed by atoms with E-state index in [1.54, 1.807) is 0 Å². The molecule has 12 heavy (non-hydrogen) atoms. The Morgan fingerprint density at radius 3 is 2.75 bits per heavy atom. The summed E-state index contributed by atoms with van der Waals surface area (Å²) in [4.78, 5) is 0. The lowest BCUT2D eigenvalue weighted by molar-refractivity contribution is 0.108. The third-order valence-electron chi connectivity index (χ3n) is 3.75. The fraction of sp³-hybridized carbons (Fsp3) is 1.00. The summed E-state index contributed by atoms with van der Waals surface area (Å²) in [7, 11) is 0. The molecule has 1 aliphatic carbocycles. The van der Waals surface area contributed by atoms with Gasteiger partial charge in [0.25, 0.3) is 0 Å². The highest BCUT2D eigenvalue weighted by Crippen LogP contribution is 2.43. The van der Waals surface area contributed by atoms with Crippen molar-refractivity contribution in [1.82, 2.24) is 5.32 Å². The summed E-state index contributed by atoms with van der Waals surface area (Å²) in [6, 6.07) is 0. The van der Waals surface area contributed by atoms with Crippen LogP contribution < -0.4 is 5.32 Å². The molecule has 0 aromatic rings. The fourth-order valence-electron chi connectivity index (χ4n) is 3.19. The molecule has 1 aliphatic heterocycles. The first-order valence-electron chi connectivity index (χ1n) is 5.52. The topological polar surface area (TPSA) is 12.0 Å². The average Bonchev–Trinajstić information content (AvgIpc) is 2.05. The van der Waals surface area contributed by atoms with Crippen LogP contribution in [0.1, 0.15) is 45.4 Å². The van der Waals surface area contributed by atoms with E-state index in [0.717, 1.165) is 11.3 Å². The Kier molecular flexibility index (Phi) is 2.40. The molecule has 1 saturated heterocycles. The molecule has 2 fully saturated rings. The smallest absolute Gasteiger partial charge is 0.000791 e. The van der Waals surface area contributed by atoms with Crippen molar-refractivity contribution in [1.29, 1.82) is 0 Å². The predicted octanol–water partition coefficient (Wildman–Crippen LogP) is 2.57. The van der Waals surface area contributed by atoms with Gasteiger partial charge in [-0.1, -0.05) is 19.8 Å². The highest BCUT2D eigenvalue weighted by molar-refractivity contribution is 4.89. The first-order chi connectivity index (χ1) is 5.81. The quantitative estimate of drug-likeness (QED) is 0.584. The van der Waals surface area contributed by atoms with E-state index in [-0.39, 0.29) is 0 Å². The molecule has 0 aromatic carbocycles. The van der Waals surface area contributed by atoms with E-state index in [0.29, 0.717) is 0 Å². The van der Waals surface area contributed by atoms with Crippen molar-refractivity contribution in [2.24, 2.45) is 11.3 Å². The second-order valence-corrected chi connectivity index (χ2v) is 4.98. The summed E-state index contributed by atoms with van der Waals surface area (Å²) in [5.74, 6) is 0.985. The normalized spacial score (nSPS) is 43.2. The third-order valence-corrected chi connectivity index (χ3v) is 3.75. The lowest BCUT2D eigenvalue weighted by atomic mass is 9.66. The van der Waals surface area contributed by atoms with Gasteiger partial charge in [-0.15, -0.1) is 0 Å². The van der Waals surface area contributed by atoms with Crippen molar-refractivity contribution in [2.75, 3.05) is 13.1 Å². The zero-order valence-electron chi connectivity index (χ0n) is 8.23. The Balaban J connectivity index is 1.97. The monoisotopic (exact) mass is 167 g/mol. The SMILES string of the molecule is CC1CCCC2(CCCNC2)C1. The zero-order valence-corrected chi connectivity index (χ0v) is 8.23. The number of hydrogen-bond donors (Lipinski definition) is 1. The summed E-state index contributed by atoms with van der Waals surface area (Å²) in [6.45, 7) is 4.99. The van der Waals surface area contributed by atoms with Crippen molar-refractivity contribution in [3.63, 3.8) is 0 Å². The van der Waals surface area contributed by atoms with Gasteiger partial charge in [-0.25, -0.2) is 0 Å². The highest BCUT2D eigenvalue weighted by atomic mass is 14.9. The van der Waals surface area contributed by atoms with Crippen LogP contribution in [0.4, 0.5) is 0 Å². The molecule has 0 aromatic heterocycles. The summed E-state index contributed by atoms with van der Waals surface area (Å²) in [6.07, 6.45) is 8.83. The lowest BCUT2D eigenvalue weighted by Gasteiger charge is -2.43. The molecule has 1 spiro atoms. The Morgan fingerprint density at radius 1 is 1.25 bits per heavy atom. The molecule has 0 bridgehead atoms. The Hall–Kier alpha value is -0.0400. The number of rotatable bonds is 0. The van der Waals surface area contributed by atoms with E-state index in [9.17, 15) is 0 Å². The molecule has 2 rings (SSSR count). The van der Waals surface area contributed by atoms with Crippen LogP contribution in [0.15, 0.2) is 0 Å². The van der Waals surface area contributed by atoms with Gasteiger partial charge in [0.15, 0.2) is 0 Å². The Bertz CT molecular complexity index is 142. The summed E-state index contributed by atoms with van der Waals surface area (Å²) >= 11 is 0. The van der Waals surface area contributed by atoms with Gasteiger partial charge in [0, 0.05) is 6.54 Å². The van der Waals surface area contributed by atoms with E-state index >= 15 is 0 Å². The standard InChI is InChI=1S/C11H21N/c1-10-4-2-5-11(8-10)6-3-7-12-9-11/h10,12H,2-9H2,1H3. The minimum Gasteiger partial charge on any atom is -0.316 e. The minimum atomic E-state index is 0.718. The van der Waals surface area contributed by atoms with E-state index in [4.69, 9.17) is 0 Å². The average molecular weight is 167 g/mol. The summed E-state index contributed by atoms with van der Waals surface area (Å²) in [5, 5.41) is 3.57. The van der Waals surface area contributed by atoms with Crippen LogP contribution in [0.25, 0.3) is 0 Å². The van der Waals surface area contributed by atoms with Gasteiger partial charge >= 0.3 is 0 Å². The van der Waals surface area contributed by atoms with E-state index in [1.165, 1.54) is 51.6 Å². The van der Waals surface area contributed by atoms with Gasteiger partial charge in [-0.05, 0) is 43.6 Å². The van der Waals surface area contributed by atoms with Gasteiger partial charge in [0.2, 0.25) is 0 Å². The predicted molar refractivity (Wildman–Crippen MR) is 52.2 cm³/mol. The highest BCUT2D eigenvalue weighted by Gasteiger charge is 2.35. The summed E-state index contributed by atoms with van der Waals surface area (Å²) in [5.41, 5.74) is 0.718. The molecule has 1 nitrogen and oxygen atoms in total. The van der Waals surface area contributed by atoms with Crippen LogP contribution in [0, 0.1) is 11.3 Å². The van der Waals surface area contributed by atoms with Crippen molar-refractivity contribution >= 4 is 0 Å². The maximum absolute atomic E-state index is 3.57. The number of nitrogens with one attached hydrogen (secondary N) is 1. The Morgan fingerprint density at radius 2 is 2.08 bits per heavy atom. The van der Waals surface area contributed by atoms with E-state index < -0.39 is 0 Å². The molecule has 0 radical (unpaired) electrons. The molecule has 2 unspecified atom stereocenters. The van der Waals surface area contributed by atoms with Crippen molar-refractivity contribution in [3.05, 3.63) is 0 Å². The van der Waals surface area contributed by atoms with Crippen LogP contribution >= 0.6 is 0 Å². The summed E-state index contributed by atoms with van der Waals surface area (Å²) < 4.78 is 0. The van der Waals surface area contributed by atoms with Gasteiger partial charge in [0.05, 0.1) is 0 Å². The zero-order chi connectivity index (χ0) is 8.44. The van der Waals surface area contributed by atoms with Crippen LogP contribution in [0.5, 0.6) is 0 Å². The molecule has 70 valence electrons. The number of piperidine rings is 1. The second-order valence-electron chi connectivity index (χ2n) is 4.98. The molecular formula is C11H21N. The lowest BCUT2D eigenvalue weighted by Crippen LogP contribution is -2.42. The molecule has 1 N–H and O–H groups in total. The van der Waals surface area contributed by atoms with Crippen molar-refractivity contribution in [2.45, 2.75) is 45.4 Å². The Labute approximate surface area is 75.9 Å². The molecule has 1 saturated carbocycles.